The Balaban J connectivity index is 2.62. The summed E-state index contributed by atoms with van der Waals surface area (Å²) in [7, 11) is 1.33. The number of carbonyl (C=O) groups excluding carboxylic acids is 1. The molecule has 0 atom stereocenters. The van der Waals surface area contributed by atoms with Crippen LogP contribution in [0.5, 0.6) is 0 Å². The van der Waals surface area contributed by atoms with Gasteiger partial charge in [-0.1, -0.05) is 0 Å². The summed E-state index contributed by atoms with van der Waals surface area (Å²) in [6.07, 6.45) is 3.45. The van der Waals surface area contributed by atoms with Crippen LogP contribution in [0.3, 0.4) is 0 Å². The second-order valence-electron chi connectivity index (χ2n) is 2.70. The topological polar surface area (TPSA) is 43.6 Å². The van der Waals surface area contributed by atoms with Crippen LogP contribution in [-0.4, -0.2) is 22.5 Å². The van der Waals surface area contributed by atoms with Crippen molar-refractivity contribution in [1.29, 1.82) is 0 Å². The van der Waals surface area contributed by atoms with Crippen LogP contribution in [0, 0.1) is 0 Å². The number of hydrogen-bond donors (Lipinski definition) is 0. The van der Waals surface area contributed by atoms with Crippen molar-refractivity contribution >= 4 is 27.5 Å². The largest absolute Gasteiger partial charge is 0.464 e. The zero-order chi connectivity index (χ0) is 10.1. The predicted molar refractivity (Wildman–Crippen MR) is 54.2 cm³/mol. The van der Waals surface area contributed by atoms with Crippen LogP contribution < -0.4 is 0 Å². The molecule has 0 N–H and O–H groups in total. The van der Waals surface area contributed by atoms with Crippen LogP contribution in [0.15, 0.2) is 29.0 Å². The van der Waals surface area contributed by atoms with Crippen LogP contribution >= 0.6 is 15.9 Å². The molecule has 0 amide bonds. The summed E-state index contributed by atoms with van der Waals surface area (Å²) in [6.45, 7) is 0. The Kier molecular flexibility index (Phi) is 2.25. The first-order valence-corrected chi connectivity index (χ1v) is 4.73. The van der Waals surface area contributed by atoms with Gasteiger partial charge >= 0.3 is 5.97 Å². The Morgan fingerprint density at radius 2 is 2.43 bits per heavy atom. The van der Waals surface area contributed by atoms with Gasteiger partial charge in [0.15, 0.2) is 11.3 Å². The van der Waals surface area contributed by atoms with E-state index >= 15 is 0 Å². The average molecular weight is 255 g/mol. The summed E-state index contributed by atoms with van der Waals surface area (Å²) in [5, 5.41) is 0. The van der Waals surface area contributed by atoms with E-state index in [4.69, 9.17) is 0 Å². The Morgan fingerprint density at radius 1 is 1.64 bits per heavy atom. The molecule has 0 spiro atoms. The Bertz CT molecular complexity index is 493. The molecule has 2 heterocycles. The molecule has 72 valence electrons. The van der Waals surface area contributed by atoms with E-state index in [2.05, 4.69) is 25.7 Å². The molecule has 0 aliphatic carbocycles. The summed E-state index contributed by atoms with van der Waals surface area (Å²) < 4.78 is 7.18. The number of imidazole rings is 1. The summed E-state index contributed by atoms with van der Waals surface area (Å²) in [5.74, 6) is -0.430. The van der Waals surface area contributed by atoms with Gasteiger partial charge in [-0.15, -0.1) is 0 Å². The van der Waals surface area contributed by atoms with E-state index in [9.17, 15) is 4.79 Å². The quantitative estimate of drug-likeness (QED) is 0.731. The lowest BCUT2D eigenvalue weighted by Gasteiger charge is -1.92. The molecular formula is C9H7BrN2O2. The molecule has 0 aliphatic rings. The molecule has 0 unspecified atom stereocenters. The smallest absolute Gasteiger partial charge is 0.358 e. The summed E-state index contributed by atoms with van der Waals surface area (Å²) >= 11 is 3.35. The molecule has 0 radical (unpaired) electrons. The summed E-state index contributed by atoms with van der Waals surface area (Å²) in [4.78, 5) is 15.3. The molecule has 14 heavy (non-hydrogen) atoms. The van der Waals surface area contributed by atoms with E-state index in [0.717, 1.165) is 4.47 Å². The summed E-state index contributed by atoms with van der Waals surface area (Å²) in [5.41, 5.74) is 1.01. The molecule has 0 aliphatic heterocycles. The van der Waals surface area contributed by atoms with E-state index in [1.807, 2.05) is 18.3 Å². The van der Waals surface area contributed by atoms with Crippen molar-refractivity contribution in [2.75, 3.05) is 7.11 Å². The molecule has 5 heteroatoms. The van der Waals surface area contributed by atoms with Crippen molar-refractivity contribution in [2.24, 2.45) is 0 Å². The van der Waals surface area contributed by atoms with Gasteiger partial charge in [0.25, 0.3) is 0 Å². The van der Waals surface area contributed by atoms with Crippen LogP contribution in [0.2, 0.25) is 0 Å². The first-order chi connectivity index (χ1) is 6.72. The number of methoxy groups -OCH3 is 1. The van der Waals surface area contributed by atoms with Crippen molar-refractivity contribution in [3.05, 3.63) is 34.7 Å². The third kappa shape index (κ3) is 1.39. The van der Waals surface area contributed by atoms with Crippen LogP contribution in [0.25, 0.3) is 5.65 Å². The highest BCUT2D eigenvalue weighted by atomic mass is 79.9. The number of pyridine rings is 1. The fourth-order valence-electron chi connectivity index (χ4n) is 1.18. The summed E-state index contributed by atoms with van der Waals surface area (Å²) in [6, 6.07) is 3.73. The molecule has 4 nitrogen and oxygen atoms in total. The van der Waals surface area contributed by atoms with E-state index in [0.29, 0.717) is 11.3 Å². The third-order valence-corrected chi connectivity index (χ3v) is 2.45. The van der Waals surface area contributed by atoms with E-state index < -0.39 is 5.97 Å². The molecular weight excluding hydrogens is 248 g/mol. The Labute approximate surface area is 88.6 Å². The molecule has 0 aromatic carbocycles. The zero-order valence-corrected chi connectivity index (χ0v) is 8.98. The first-order valence-electron chi connectivity index (χ1n) is 3.94. The minimum absolute atomic E-state index is 0.305. The minimum Gasteiger partial charge on any atom is -0.464 e. The van der Waals surface area contributed by atoms with Crippen LogP contribution in [-0.2, 0) is 4.74 Å². The van der Waals surface area contributed by atoms with Crippen molar-refractivity contribution in [1.82, 2.24) is 9.38 Å². The van der Waals surface area contributed by atoms with Gasteiger partial charge in [0, 0.05) is 12.4 Å². The van der Waals surface area contributed by atoms with Gasteiger partial charge in [0.1, 0.15) is 0 Å². The van der Waals surface area contributed by atoms with E-state index in [-0.39, 0.29) is 0 Å². The predicted octanol–water partition coefficient (Wildman–Crippen LogP) is 1.88. The lowest BCUT2D eigenvalue weighted by molar-refractivity contribution is 0.0595. The molecule has 0 saturated heterocycles. The third-order valence-electron chi connectivity index (χ3n) is 1.83. The molecule has 2 rings (SSSR count). The van der Waals surface area contributed by atoms with Crippen molar-refractivity contribution in [2.45, 2.75) is 0 Å². The average Bonchev–Trinajstić information content (AvgIpc) is 2.62. The van der Waals surface area contributed by atoms with Gasteiger partial charge in [-0.25, -0.2) is 9.78 Å². The fraction of sp³-hybridized carbons (Fsp3) is 0.111. The maximum atomic E-state index is 11.2. The van der Waals surface area contributed by atoms with Gasteiger partial charge < -0.3 is 9.14 Å². The highest BCUT2D eigenvalue weighted by molar-refractivity contribution is 9.10. The highest BCUT2D eigenvalue weighted by Crippen LogP contribution is 2.17. The number of carbonyl (C=O) groups is 1. The molecule has 0 bridgehead atoms. The Morgan fingerprint density at radius 3 is 3.07 bits per heavy atom. The number of fused-ring (bicyclic) bond motifs is 1. The van der Waals surface area contributed by atoms with Crippen molar-refractivity contribution < 1.29 is 9.53 Å². The Hall–Kier alpha value is -1.36. The highest BCUT2D eigenvalue weighted by Gasteiger charge is 2.11. The fourth-order valence-corrected chi connectivity index (χ4v) is 1.63. The normalized spacial score (nSPS) is 10.4. The molecule has 0 fully saturated rings. The number of halogens is 1. The standard InChI is InChI=1S/C9H7BrN2O2/c1-14-9(13)7-5-12-4-2-3-6(10)8(12)11-7/h2-5H,1H3. The first kappa shape index (κ1) is 9.21. The van der Waals surface area contributed by atoms with Crippen molar-refractivity contribution in [3.63, 3.8) is 0 Å². The minimum atomic E-state index is -0.430. The zero-order valence-electron chi connectivity index (χ0n) is 7.40. The second kappa shape index (κ2) is 3.42. The van der Waals surface area contributed by atoms with Gasteiger partial charge in [-0.05, 0) is 28.1 Å². The SMILES string of the molecule is COC(=O)c1cn2cccc(Br)c2n1. The molecule has 2 aromatic rings. The van der Waals surface area contributed by atoms with Crippen molar-refractivity contribution in [3.8, 4) is 0 Å². The number of aromatic nitrogens is 2. The molecule has 2 aromatic heterocycles. The van der Waals surface area contributed by atoms with Crippen LogP contribution in [0.1, 0.15) is 10.5 Å². The number of hydrogen-bond acceptors (Lipinski definition) is 3. The van der Waals surface area contributed by atoms with E-state index in [1.54, 1.807) is 10.6 Å². The number of nitrogens with zero attached hydrogens (tertiary/aromatic N) is 2. The number of esters is 1. The number of rotatable bonds is 1. The monoisotopic (exact) mass is 254 g/mol. The van der Waals surface area contributed by atoms with Gasteiger partial charge in [0.05, 0.1) is 11.6 Å². The van der Waals surface area contributed by atoms with Gasteiger partial charge in [-0.3, -0.25) is 0 Å². The van der Waals surface area contributed by atoms with E-state index in [1.165, 1.54) is 7.11 Å². The maximum absolute atomic E-state index is 11.2. The van der Waals surface area contributed by atoms with Crippen LogP contribution in [0.4, 0.5) is 0 Å². The second-order valence-corrected chi connectivity index (χ2v) is 3.56. The molecule has 0 saturated carbocycles. The van der Waals surface area contributed by atoms with Gasteiger partial charge in [0.2, 0.25) is 0 Å². The van der Waals surface area contributed by atoms with Gasteiger partial charge in [-0.2, -0.15) is 0 Å². The lowest BCUT2D eigenvalue weighted by atomic mass is 10.5. The number of ether oxygens (including phenoxy) is 1. The maximum Gasteiger partial charge on any atom is 0.358 e. The lowest BCUT2D eigenvalue weighted by Crippen LogP contribution is -2.00.